The minimum atomic E-state index is -1.09. The van der Waals surface area contributed by atoms with Crippen molar-refractivity contribution in [3.05, 3.63) is 65.3 Å². The third-order valence-electron chi connectivity index (χ3n) is 6.90. The zero-order valence-corrected chi connectivity index (χ0v) is 24.0. The molecule has 1 heterocycles. The summed E-state index contributed by atoms with van der Waals surface area (Å²) in [6.45, 7) is 9.52. The van der Waals surface area contributed by atoms with Gasteiger partial charge < -0.3 is 24.8 Å². The molecule has 1 aliphatic heterocycles. The van der Waals surface area contributed by atoms with Gasteiger partial charge in [-0.1, -0.05) is 68.9 Å². The lowest BCUT2D eigenvalue weighted by Gasteiger charge is -2.25. The van der Waals surface area contributed by atoms with E-state index in [0.29, 0.717) is 31.2 Å². The number of aliphatic hydroxyl groups excluding tert-OH is 3. The SMILES string of the molecule is CC(C=Cc1cccc(C(=O)OC2CCCC(=O)OC(C(C)C)CC=CCC2C)c1)=CC(O)C(O)CC(C)O. The Morgan fingerprint density at radius 1 is 1.15 bits per heavy atom. The molecule has 216 valence electrons. The molecule has 6 atom stereocenters. The molecule has 0 radical (unpaired) electrons. The molecule has 0 bridgehead atoms. The Morgan fingerprint density at radius 3 is 2.56 bits per heavy atom. The predicted molar refractivity (Wildman–Crippen MR) is 153 cm³/mol. The van der Waals surface area contributed by atoms with Gasteiger partial charge >= 0.3 is 11.9 Å². The maximum atomic E-state index is 13.1. The number of carbonyl (C=O) groups is 2. The number of aliphatic hydroxyl groups is 3. The normalized spacial score (nSPS) is 24.0. The standard InChI is InChI=1S/C32H46O7/c1-21(2)29-13-7-6-10-23(4)30(14-9-15-31(36)38-29)39-32(37)26-12-8-11-25(20-26)17-16-22(3)18-27(34)28(35)19-24(5)33/h6-8,11-12,16-18,20-21,23-24,27-30,33-35H,9-10,13-15,19H2,1-5H3. The van der Waals surface area contributed by atoms with Gasteiger partial charge in [-0.2, -0.15) is 0 Å². The number of carbonyl (C=O) groups excluding carboxylic acids is 2. The van der Waals surface area contributed by atoms with Gasteiger partial charge in [0.1, 0.15) is 12.2 Å². The van der Waals surface area contributed by atoms with Crippen molar-refractivity contribution in [2.24, 2.45) is 11.8 Å². The van der Waals surface area contributed by atoms with Crippen LogP contribution in [0, 0.1) is 11.8 Å². The molecule has 0 amide bonds. The molecular formula is C32H46O7. The first kappa shape index (κ1) is 32.5. The molecule has 3 N–H and O–H groups in total. The summed E-state index contributed by atoms with van der Waals surface area (Å²) in [5, 5.41) is 29.5. The van der Waals surface area contributed by atoms with Gasteiger partial charge in [0.2, 0.25) is 0 Å². The molecule has 7 nitrogen and oxygen atoms in total. The number of esters is 2. The second-order valence-corrected chi connectivity index (χ2v) is 11.0. The highest BCUT2D eigenvalue weighted by Gasteiger charge is 2.24. The number of rotatable bonds is 9. The highest BCUT2D eigenvalue weighted by molar-refractivity contribution is 5.90. The van der Waals surface area contributed by atoms with Gasteiger partial charge in [0.05, 0.1) is 23.9 Å². The molecule has 2 rings (SSSR count). The van der Waals surface area contributed by atoms with Crippen molar-refractivity contribution in [3.8, 4) is 0 Å². The third kappa shape index (κ3) is 11.9. The highest BCUT2D eigenvalue weighted by atomic mass is 16.5. The van der Waals surface area contributed by atoms with Gasteiger partial charge in [-0.05, 0) is 62.6 Å². The molecule has 0 aliphatic carbocycles. The zero-order valence-electron chi connectivity index (χ0n) is 24.0. The second-order valence-electron chi connectivity index (χ2n) is 11.0. The molecule has 6 unspecified atom stereocenters. The van der Waals surface area contributed by atoms with Crippen molar-refractivity contribution in [1.29, 1.82) is 0 Å². The summed E-state index contributed by atoms with van der Waals surface area (Å²) in [6, 6.07) is 7.10. The number of benzene rings is 1. The van der Waals surface area contributed by atoms with Crippen molar-refractivity contribution in [1.82, 2.24) is 0 Å². The minimum absolute atomic E-state index is 0.0808. The fourth-order valence-electron chi connectivity index (χ4n) is 4.41. The Bertz CT molecular complexity index is 1010. The van der Waals surface area contributed by atoms with Crippen LogP contribution in [0.25, 0.3) is 6.08 Å². The number of allylic oxidation sites excluding steroid dienone is 3. The van der Waals surface area contributed by atoms with Crippen LogP contribution in [-0.2, 0) is 14.3 Å². The monoisotopic (exact) mass is 542 g/mol. The van der Waals surface area contributed by atoms with Crippen molar-refractivity contribution >= 4 is 18.0 Å². The Morgan fingerprint density at radius 2 is 1.87 bits per heavy atom. The Hall–Kier alpha value is -2.74. The van der Waals surface area contributed by atoms with Crippen LogP contribution < -0.4 is 0 Å². The number of ether oxygens (including phenoxy) is 2. The average Bonchev–Trinajstić information content (AvgIpc) is 2.87. The van der Waals surface area contributed by atoms with Gasteiger partial charge in [-0.25, -0.2) is 4.79 Å². The fourth-order valence-corrected chi connectivity index (χ4v) is 4.41. The van der Waals surface area contributed by atoms with E-state index in [1.807, 2.05) is 18.2 Å². The first-order valence-corrected chi connectivity index (χ1v) is 14.0. The summed E-state index contributed by atoms with van der Waals surface area (Å²) >= 11 is 0. The van der Waals surface area contributed by atoms with Crippen molar-refractivity contribution in [2.75, 3.05) is 0 Å². The largest absolute Gasteiger partial charge is 0.462 e. The van der Waals surface area contributed by atoms with E-state index in [4.69, 9.17) is 9.47 Å². The van der Waals surface area contributed by atoms with Crippen molar-refractivity contribution in [2.45, 2.75) is 104 Å². The number of hydrogen-bond acceptors (Lipinski definition) is 7. The summed E-state index contributed by atoms with van der Waals surface area (Å²) in [5.74, 6) is -0.276. The molecule has 1 aliphatic rings. The fraction of sp³-hybridized carbons (Fsp3) is 0.562. The van der Waals surface area contributed by atoms with Gasteiger partial charge in [0.15, 0.2) is 0 Å². The van der Waals surface area contributed by atoms with E-state index in [-0.39, 0.29) is 36.4 Å². The summed E-state index contributed by atoms with van der Waals surface area (Å²) in [5.41, 5.74) is 1.95. The van der Waals surface area contributed by atoms with Crippen LogP contribution >= 0.6 is 0 Å². The van der Waals surface area contributed by atoms with Crippen LogP contribution in [0.2, 0.25) is 0 Å². The maximum absolute atomic E-state index is 13.1. The summed E-state index contributed by atoms with van der Waals surface area (Å²) in [7, 11) is 0. The third-order valence-corrected chi connectivity index (χ3v) is 6.90. The maximum Gasteiger partial charge on any atom is 0.338 e. The van der Waals surface area contributed by atoms with E-state index in [1.54, 1.807) is 38.1 Å². The molecule has 0 aromatic heterocycles. The zero-order chi connectivity index (χ0) is 28.9. The molecule has 1 aromatic rings. The van der Waals surface area contributed by atoms with Crippen molar-refractivity contribution < 1.29 is 34.4 Å². The molecule has 0 saturated carbocycles. The van der Waals surface area contributed by atoms with Crippen LogP contribution in [0.5, 0.6) is 0 Å². The second kappa shape index (κ2) is 16.4. The summed E-state index contributed by atoms with van der Waals surface area (Å²) in [4.78, 5) is 25.4. The lowest BCUT2D eigenvalue weighted by atomic mass is 9.94. The molecule has 39 heavy (non-hydrogen) atoms. The van der Waals surface area contributed by atoms with Crippen LogP contribution in [0.4, 0.5) is 0 Å². The van der Waals surface area contributed by atoms with E-state index in [9.17, 15) is 24.9 Å². The van der Waals surface area contributed by atoms with E-state index in [0.717, 1.165) is 17.6 Å². The number of cyclic esters (lactones) is 1. The van der Waals surface area contributed by atoms with Gasteiger partial charge in [-0.15, -0.1) is 0 Å². The van der Waals surface area contributed by atoms with E-state index >= 15 is 0 Å². The Balaban J connectivity index is 2.06. The van der Waals surface area contributed by atoms with Crippen LogP contribution in [0.3, 0.4) is 0 Å². The minimum Gasteiger partial charge on any atom is -0.462 e. The molecule has 7 heteroatoms. The first-order chi connectivity index (χ1) is 18.5. The lowest BCUT2D eigenvalue weighted by molar-refractivity contribution is -0.151. The van der Waals surface area contributed by atoms with E-state index in [1.165, 1.54) is 6.08 Å². The molecular weight excluding hydrogens is 496 g/mol. The van der Waals surface area contributed by atoms with E-state index in [2.05, 4.69) is 26.8 Å². The smallest absolute Gasteiger partial charge is 0.338 e. The molecule has 0 spiro atoms. The van der Waals surface area contributed by atoms with Gasteiger partial charge in [0, 0.05) is 19.3 Å². The first-order valence-electron chi connectivity index (χ1n) is 14.0. The Labute approximate surface area is 233 Å². The van der Waals surface area contributed by atoms with Crippen LogP contribution in [0.15, 0.2) is 54.1 Å². The van der Waals surface area contributed by atoms with E-state index < -0.39 is 24.3 Å². The van der Waals surface area contributed by atoms with Crippen LogP contribution in [-0.4, -0.2) is 57.8 Å². The molecule has 1 aromatic carbocycles. The summed E-state index contributed by atoms with van der Waals surface area (Å²) < 4.78 is 11.6. The highest BCUT2D eigenvalue weighted by Crippen LogP contribution is 2.23. The predicted octanol–water partition coefficient (Wildman–Crippen LogP) is 5.39. The van der Waals surface area contributed by atoms with Crippen molar-refractivity contribution in [3.63, 3.8) is 0 Å². The molecule has 0 fully saturated rings. The van der Waals surface area contributed by atoms with Crippen LogP contribution in [0.1, 0.15) is 89.1 Å². The number of hydrogen-bond donors (Lipinski definition) is 3. The van der Waals surface area contributed by atoms with Gasteiger partial charge in [-0.3, -0.25) is 4.79 Å². The topological polar surface area (TPSA) is 113 Å². The molecule has 0 saturated heterocycles. The average molecular weight is 543 g/mol. The quantitative estimate of drug-likeness (QED) is 0.218. The van der Waals surface area contributed by atoms with Gasteiger partial charge in [0.25, 0.3) is 0 Å². The summed E-state index contributed by atoms with van der Waals surface area (Å²) in [6.07, 6.45) is 8.95. The Kier molecular flexibility index (Phi) is 13.6. The lowest BCUT2D eigenvalue weighted by Crippen LogP contribution is -2.27.